The molecular weight excluding hydrogens is 487 g/mol. The summed E-state index contributed by atoms with van der Waals surface area (Å²) >= 11 is 0. The number of benzene rings is 2. The van der Waals surface area contributed by atoms with Crippen LogP contribution in [0.5, 0.6) is 0 Å². The number of aryl methyl sites for hydroxylation is 1. The molecule has 0 aliphatic rings. The average molecular weight is 512 g/mol. The Morgan fingerprint density at radius 3 is 2.38 bits per heavy atom. The van der Waals surface area contributed by atoms with Gasteiger partial charge in [-0.1, -0.05) is 74.5 Å². The molecule has 1 radical (unpaired) electrons. The Labute approximate surface area is 163 Å². The molecule has 3 heteroatoms. The second-order valence-electron chi connectivity index (χ2n) is 6.72. The molecule has 125 valence electrons. The van der Waals surface area contributed by atoms with Crippen LogP contribution in [-0.4, -0.2) is 13.1 Å². The van der Waals surface area contributed by atoms with Gasteiger partial charge < -0.3 is 4.98 Å². The first-order chi connectivity index (χ1) is 12.2. The molecule has 0 atom stereocenters. The molecule has 0 unspecified atom stereocenters. The zero-order chi connectivity index (χ0) is 18.9. The number of rotatable bonds is 3. The fraction of sp³-hybridized carbons (Fsp3) is 0.190. The third-order valence-corrected chi connectivity index (χ3v) is 5.97. The average Bonchev–Trinajstić information content (AvgIpc) is 2.60. The fourth-order valence-electron chi connectivity index (χ4n) is 2.49. The van der Waals surface area contributed by atoms with Crippen molar-refractivity contribution in [2.24, 2.45) is 0 Å². The smallest absolute Gasteiger partial charge is 0.0795 e. The number of hydrogen-bond acceptors (Lipinski definition) is 1. The van der Waals surface area contributed by atoms with Crippen LogP contribution in [0.3, 0.4) is 0 Å². The summed E-state index contributed by atoms with van der Waals surface area (Å²) in [6.45, 7) is 4.67. The second-order valence-corrected chi connectivity index (χ2v) is 11.8. The van der Waals surface area contributed by atoms with E-state index in [1.807, 2.05) is 48.7 Å². The Kier molecular flexibility index (Phi) is 4.65. The van der Waals surface area contributed by atoms with E-state index in [1.54, 1.807) is 6.07 Å². The van der Waals surface area contributed by atoms with Crippen LogP contribution < -0.4 is 5.19 Å². The summed E-state index contributed by atoms with van der Waals surface area (Å²) in [4.78, 5) is 4.60. The van der Waals surface area contributed by atoms with Gasteiger partial charge in [-0.2, -0.15) is 0 Å². The first-order valence-corrected chi connectivity index (χ1v) is 11.2. The van der Waals surface area contributed by atoms with Gasteiger partial charge in [0.15, 0.2) is 0 Å². The molecule has 0 N–H and O–H groups in total. The zero-order valence-corrected chi connectivity index (χ0v) is 17.4. The Balaban J connectivity index is 0.00000261. The van der Waals surface area contributed by atoms with E-state index in [0.717, 1.165) is 16.8 Å². The minimum atomic E-state index is -2.19. The molecule has 0 aliphatic carbocycles. The summed E-state index contributed by atoms with van der Waals surface area (Å²) < 4.78 is 23.5. The van der Waals surface area contributed by atoms with E-state index in [-0.39, 0.29) is 20.1 Å². The molecule has 0 saturated heterocycles. The molecular formula is C21H22IrNSi-. The van der Waals surface area contributed by atoms with Crippen molar-refractivity contribution in [3.05, 3.63) is 72.4 Å². The molecule has 0 saturated carbocycles. The van der Waals surface area contributed by atoms with Crippen LogP contribution in [0.4, 0.5) is 0 Å². The van der Waals surface area contributed by atoms with Crippen molar-refractivity contribution in [1.29, 1.82) is 0 Å². The predicted molar refractivity (Wildman–Crippen MR) is 102 cm³/mol. The standard InChI is InChI=1S/C21H22NSi.Ir/c1-16-10-11-18(14-20(16)17-8-6-5-7-9-17)21-13-12-19(15-22-21)23(2,3)4;/h5-10,12-15H,1-4H3;/q-1;/i1D3;. The molecule has 1 heterocycles. The van der Waals surface area contributed by atoms with Crippen LogP contribution in [-0.2, 0) is 20.1 Å². The SMILES string of the molecule is [2H]C([2H])([2H])c1c[c-]c(-c2ccc([Si](C)(C)C)cn2)cc1-c1ccccc1.[Ir]. The Hall–Kier alpha value is -1.54. The first-order valence-electron chi connectivity index (χ1n) is 9.25. The maximum absolute atomic E-state index is 7.84. The maximum Gasteiger partial charge on any atom is 0.0795 e. The molecule has 3 aromatic rings. The topological polar surface area (TPSA) is 12.9 Å². The van der Waals surface area contributed by atoms with E-state index < -0.39 is 14.9 Å². The van der Waals surface area contributed by atoms with Crippen LogP contribution in [0.25, 0.3) is 22.4 Å². The maximum atomic E-state index is 7.84. The molecule has 0 amide bonds. The number of aromatic nitrogens is 1. The Morgan fingerprint density at radius 1 is 1.04 bits per heavy atom. The first kappa shape index (κ1) is 14.8. The number of hydrogen-bond donors (Lipinski definition) is 0. The minimum absolute atomic E-state index is 0. The summed E-state index contributed by atoms with van der Waals surface area (Å²) in [7, 11) is -1.40. The normalized spacial score (nSPS) is 13.4. The van der Waals surface area contributed by atoms with Crippen molar-refractivity contribution in [3.8, 4) is 22.4 Å². The van der Waals surface area contributed by atoms with Gasteiger partial charge in [0.25, 0.3) is 0 Å². The molecule has 24 heavy (non-hydrogen) atoms. The van der Waals surface area contributed by atoms with E-state index in [2.05, 4.69) is 36.8 Å². The number of pyridine rings is 1. The third kappa shape index (κ3) is 4.10. The van der Waals surface area contributed by atoms with Crippen LogP contribution in [0.15, 0.2) is 60.8 Å². The van der Waals surface area contributed by atoms with Gasteiger partial charge in [0.2, 0.25) is 0 Å². The monoisotopic (exact) mass is 512 g/mol. The predicted octanol–water partition coefficient (Wildman–Crippen LogP) is 5.07. The van der Waals surface area contributed by atoms with Crippen LogP contribution >= 0.6 is 0 Å². The van der Waals surface area contributed by atoms with E-state index in [0.29, 0.717) is 11.1 Å². The van der Waals surface area contributed by atoms with Crippen molar-refractivity contribution in [2.45, 2.75) is 26.5 Å². The molecule has 0 fully saturated rings. The van der Waals surface area contributed by atoms with Crippen LogP contribution in [0.1, 0.15) is 9.68 Å². The third-order valence-electron chi connectivity index (χ3n) is 3.94. The van der Waals surface area contributed by atoms with Gasteiger partial charge in [-0.3, -0.25) is 0 Å². The summed E-state index contributed by atoms with van der Waals surface area (Å²) in [5.74, 6) is 0. The van der Waals surface area contributed by atoms with Crippen molar-refractivity contribution >= 4 is 13.3 Å². The van der Waals surface area contributed by atoms with E-state index >= 15 is 0 Å². The van der Waals surface area contributed by atoms with Crippen molar-refractivity contribution in [2.75, 3.05) is 0 Å². The second kappa shape index (κ2) is 7.56. The molecule has 0 aliphatic heterocycles. The van der Waals surface area contributed by atoms with Gasteiger partial charge in [0.1, 0.15) is 0 Å². The van der Waals surface area contributed by atoms with Gasteiger partial charge in [-0.25, -0.2) is 0 Å². The molecule has 0 bridgehead atoms. The molecule has 3 rings (SSSR count). The summed E-state index contributed by atoms with van der Waals surface area (Å²) in [5, 5.41) is 1.30. The minimum Gasteiger partial charge on any atom is -0.305 e. The van der Waals surface area contributed by atoms with Gasteiger partial charge >= 0.3 is 0 Å². The number of nitrogens with zero attached hydrogens (tertiary/aromatic N) is 1. The van der Waals surface area contributed by atoms with E-state index in [9.17, 15) is 0 Å². The van der Waals surface area contributed by atoms with Crippen molar-refractivity contribution in [3.63, 3.8) is 0 Å². The molecule has 1 nitrogen and oxygen atoms in total. The molecule has 0 spiro atoms. The molecule has 1 aromatic heterocycles. The summed E-state index contributed by atoms with van der Waals surface area (Å²) in [5.41, 5.74) is 3.51. The Bertz CT molecular complexity index is 901. The van der Waals surface area contributed by atoms with Crippen LogP contribution in [0, 0.1) is 12.9 Å². The van der Waals surface area contributed by atoms with E-state index in [4.69, 9.17) is 4.11 Å². The van der Waals surface area contributed by atoms with Gasteiger partial charge in [-0.15, -0.1) is 29.3 Å². The fourth-order valence-corrected chi connectivity index (χ4v) is 3.53. The van der Waals surface area contributed by atoms with E-state index in [1.165, 1.54) is 5.19 Å². The quantitative estimate of drug-likeness (QED) is 0.354. The van der Waals surface area contributed by atoms with Crippen LogP contribution in [0.2, 0.25) is 19.6 Å². The van der Waals surface area contributed by atoms with Gasteiger partial charge in [0, 0.05) is 30.4 Å². The summed E-state index contributed by atoms with van der Waals surface area (Å²) in [6, 6.07) is 20.3. The molecule has 2 aromatic carbocycles. The zero-order valence-electron chi connectivity index (χ0n) is 17.1. The van der Waals surface area contributed by atoms with Crippen molar-refractivity contribution in [1.82, 2.24) is 4.98 Å². The summed E-state index contributed by atoms with van der Waals surface area (Å²) in [6.07, 6.45) is 1.94. The van der Waals surface area contributed by atoms with Gasteiger partial charge in [-0.05, 0) is 16.4 Å². The Morgan fingerprint density at radius 2 is 1.79 bits per heavy atom. The largest absolute Gasteiger partial charge is 0.305 e. The van der Waals surface area contributed by atoms with Gasteiger partial charge in [0.05, 0.1) is 8.07 Å². The van der Waals surface area contributed by atoms with Crippen molar-refractivity contribution < 1.29 is 24.2 Å².